The van der Waals surface area contributed by atoms with E-state index in [0.29, 0.717) is 0 Å². The third kappa shape index (κ3) is 4.32. The molecule has 1 nitrogen and oxygen atoms in total. The summed E-state index contributed by atoms with van der Waals surface area (Å²) in [4.78, 5) is 1.33. The van der Waals surface area contributed by atoms with Crippen LogP contribution >= 0.6 is 78.6 Å². The van der Waals surface area contributed by atoms with E-state index in [1.54, 1.807) is 0 Å². The zero-order chi connectivity index (χ0) is 6.97. The second kappa shape index (κ2) is 9.35. The molecular weight excluding hydrogens is 290 g/mol. The summed E-state index contributed by atoms with van der Waals surface area (Å²) >= 11 is 6.11. The Morgan fingerprint density at radius 3 is 2.21 bits per heavy atom. The van der Waals surface area contributed by atoms with Crippen molar-refractivity contribution in [2.75, 3.05) is 10.2 Å². The molecule has 0 spiro atoms. The highest BCUT2D eigenvalue weighted by molar-refractivity contribution is 8.01. The lowest BCUT2D eigenvalue weighted by atomic mass is 10.3. The number of nitrogens with zero attached hydrogens (tertiary/aromatic N) is 1. The van der Waals surface area contributed by atoms with Gasteiger partial charge in [0.1, 0.15) is 0 Å². The van der Waals surface area contributed by atoms with Gasteiger partial charge >= 0.3 is 0 Å². The molecule has 0 unspecified atom stereocenters. The van der Waals surface area contributed by atoms with Crippen molar-refractivity contribution in [2.24, 2.45) is 0 Å². The topological polar surface area (TPSA) is 3.24 Å². The van der Waals surface area contributed by atoms with Crippen LogP contribution in [0.3, 0.4) is 0 Å². The van der Waals surface area contributed by atoms with Gasteiger partial charge in [-0.25, -0.2) is 0 Å². The van der Waals surface area contributed by atoms with Crippen LogP contribution in [0.1, 0.15) is 0 Å². The van der Waals surface area contributed by atoms with E-state index in [4.69, 9.17) is 0 Å². The number of hydrogen-bond acceptors (Lipinski definition) is 3. The van der Waals surface area contributed by atoms with E-state index in [1.807, 2.05) is 22.1 Å². The van der Waals surface area contributed by atoms with Crippen molar-refractivity contribution in [1.29, 1.82) is 0 Å². The molecule has 0 atom stereocenters. The average molecular weight is 306 g/mol. The lowest BCUT2D eigenvalue weighted by molar-refractivity contribution is 1.32. The van der Waals surface area contributed by atoms with E-state index in [2.05, 4.69) is 31.0 Å². The van der Waals surface area contributed by atoms with Crippen LogP contribution in [0.2, 0.25) is 0 Å². The van der Waals surface area contributed by atoms with Crippen molar-refractivity contribution in [2.45, 2.75) is 4.90 Å². The first kappa shape index (κ1) is 20.5. The van der Waals surface area contributed by atoms with Crippen LogP contribution in [-0.4, -0.2) is 5.88 Å². The molecule has 0 aromatic heterocycles. The summed E-state index contributed by atoms with van der Waals surface area (Å²) in [7, 11) is 0. The Morgan fingerprint density at radius 1 is 1.07 bits per heavy atom. The third-order valence-electron chi connectivity index (χ3n) is 1.49. The quantitative estimate of drug-likeness (QED) is 0.734. The first-order valence-corrected chi connectivity index (χ1v) is 4.45. The van der Waals surface area contributed by atoms with E-state index >= 15 is 0 Å². The minimum Gasteiger partial charge on any atom is -0.307 e. The van der Waals surface area contributed by atoms with Gasteiger partial charge in [-0.15, -0.1) is 11.8 Å². The summed E-state index contributed by atoms with van der Waals surface area (Å²) in [6.07, 6.45) is 0. The van der Waals surface area contributed by atoms with Gasteiger partial charge in [0.2, 0.25) is 0 Å². The van der Waals surface area contributed by atoms with Gasteiger partial charge in [-0.3, -0.25) is 0 Å². The summed E-state index contributed by atoms with van der Waals surface area (Å²) in [5.41, 5.74) is 1.23. The Morgan fingerprint density at radius 2 is 1.64 bits per heavy atom. The second-order valence-electron chi connectivity index (χ2n) is 2.14. The fourth-order valence-corrected chi connectivity index (χ4v) is 2.31. The fraction of sp³-hybridized carbons (Fsp3) is 0.143. The van der Waals surface area contributed by atoms with Crippen LogP contribution in [0.4, 0.5) is 5.69 Å². The lowest BCUT2D eigenvalue weighted by Gasteiger charge is -2.06. The van der Waals surface area contributed by atoms with Gasteiger partial charge in [-0.1, -0.05) is 24.9 Å². The Balaban J connectivity index is -0.000000302. The number of benzene rings is 1. The van der Waals surface area contributed by atoms with Crippen molar-refractivity contribution < 1.29 is 0 Å². The van der Waals surface area contributed by atoms with Gasteiger partial charge in [0.15, 0.2) is 0 Å². The highest BCUT2D eigenvalue weighted by Crippen LogP contribution is 2.38. The number of fused-ring (bicyclic) bond motifs is 1. The molecule has 7 heteroatoms. The van der Waals surface area contributed by atoms with Gasteiger partial charge in [0.25, 0.3) is 0 Å². The minimum atomic E-state index is 0. The van der Waals surface area contributed by atoms with E-state index in [1.165, 1.54) is 10.6 Å². The van der Waals surface area contributed by atoms with E-state index < -0.39 is 0 Å². The molecule has 0 amide bonds. The maximum atomic E-state index is 4.28. The zero-order valence-corrected chi connectivity index (χ0v) is 13.0. The minimum absolute atomic E-state index is 0. The van der Waals surface area contributed by atoms with Crippen LogP contribution in [0.25, 0.3) is 0 Å². The van der Waals surface area contributed by atoms with Gasteiger partial charge in [-0.2, -0.15) is 54.0 Å². The smallest absolute Gasteiger partial charge is 0.0795 e. The third-order valence-corrected chi connectivity index (χ3v) is 3.08. The summed E-state index contributed by atoms with van der Waals surface area (Å²) in [5, 5.41) is 0. The highest BCUT2D eigenvalue weighted by Gasteiger charge is 2.14. The molecule has 1 aromatic rings. The van der Waals surface area contributed by atoms with Crippen LogP contribution in [-0.2, 0) is 0 Å². The number of hydrogen-bond donors (Lipinski definition) is 1. The SMILES string of the molecule is S.S.S.S.SN1CSc2ccccc21. The molecule has 1 aromatic carbocycles. The molecule has 0 saturated carbocycles. The van der Waals surface area contributed by atoms with Crippen LogP contribution in [0.5, 0.6) is 0 Å². The molecule has 1 aliphatic heterocycles. The predicted octanol–water partition coefficient (Wildman–Crippen LogP) is 2.85. The number of thiol groups is 1. The van der Waals surface area contributed by atoms with Gasteiger partial charge in [-0.05, 0) is 12.1 Å². The molecule has 0 radical (unpaired) electrons. The number of anilines is 1. The Labute approximate surface area is 123 Å². The molecule has 0 fully saturated rings. The van der Waals surface area contributed by atoms with E-state index in [0.717, 1.165) is 5.88 Å². The Kier molecular flexibility index (Phi) is 13.7. The molecule has 0 N–H and O–H groups in total. The standard InChI is InChI=1S/C7H7NS2.4H2S/c9-8-5-10-7-4-2-1-3-6(7)8;;;;/h1-4,9H,5H2;4*1H2. The van der Waals surface area contributed by atoms with Crippen molar-refractivity contribution in [3.8, 4) is 0 Å². The summed E-state index contributed by atoms with van der Waals surface area (Å²) < 4.78 is 1.96. The van der Waals surface area contributed by atoms with Crippen LogP contribution in [0, 0.1) is 0 Å². The fourth-order valence-electron chi connectivity index (χ4n) is 0.993. The first-order valence-electron chi connectivity index (χ1n) is 3.06. The summed E-state index contributed by atoms with van der Waals surface area (Å²) in [5.74, 6) is 0.961. The highest BCUT2D eigenvalue weighted by atomic mass is 32.2. The maximum absolute atomic E-state index is 4.28. The number of para-hydroxylation sites is 1. The van der Waals surface area contributed by atoms with Crippen LogP contribution in [0.15, 0.2) is 29.2 Å². The van der Waals surface area contributed by atoms with Crippen molar-refractivity contribution in [3.63, 3.8) is 0 Å². The average Bonchev–Trinajstić information content (AvgIpc) is 2.34. The summed E-state index contributed by atoms with van der Waals surface area (Å²) in [6.45, 7) is 0. The molecule has 1 heterocycles. The molecule has 14 heavy (non-hydrogen) atoms. The molecule has 0 bridgehead atoms. The molecule has 0 aliphatic carbocycles. The lowest BCUT2D eigenvalue weighted by Crippen LogP contribution is -2.01. The van der Waals surface area contributed by atoms with Gasteiger partial charge in [0.05, 0.1) is 11.6 Å². The zero-order valence-electron chi connectivity index (χ0n) is 7.32. The van der Waals surface area contributed by atoms with E-state index in [-0.39, 0.29) is 54.0 Å². The molecule has 0 saturated heterocycles. The molecule has 84 valence electrons. The van der Waals surface area contributed by atoms with Crippen LogP contribution < -0.4 is 4.31 Å². The van der Waals surface area contributed by atoms with Gasteiger partial charge in [0, 0.05) is 4.90 Å². The molecular formula is C7H15NS6. The van der Waals surface area contributed by atoms with Crippen molar-refractivity contribution in [1.82, 2.24) is 0 Å². The number of thioether (sulfide) groups is 1. The van der Waals surface area contributed by atoms with Crippen molar-refractivity contribution in [3.05, 3.63) is 24.3 Å². The first-order chi connectivity index (χ1) is 4.88. The molecule has 1 aliphatic rings. The Bertz CT molecular complexity index is 256. The van der Waals surface area contributed by atoms with Gasteiger partial charge < -0.3 is 4.31 Å². The van der Waals surface area contributed by atoms with E-state index in [9.17, 15) is 0 Å². The maximum Gasteiger partial charge on any atom is 0.0795 e. The largest absolute Gasteiger partial charge is 0.307 e. The molecule has 2 rings (SSSR count). The Hall–Kier alpha value is 1.12. The predicted molar refractivity (Wildman–Crippen MR) is 90.2 cm³/mol. The van der Waals surface area contributed by atoms with Crippen molar-refractivity contribution >= 4 is 84.2 Å². The second-order valence-corrected chi connectivity index (χ2v) is 3.61. The normalized spacial score (nSPS) is 11.1. The summed E-state index contributed by atoms with van der Waals surface area (Å²) in [6, 6.07) is 8.30. The number of rotatable bonds is 0. The monoisotopic (exact) mass is 305 g/mol.